The lowest BCUT2D eigenvalue weighted by Crippen LogP contribution is -2.41. The number of hydrogen-bond acceptors (Lipinski definition) is 5. The summed E-state index contributed by atoms with van der Waals surface area (Å²) in [6, 6.07) is 11.9. The molecule has 36 heavy (non-hydrogen) atoms. The van der Waals surface area contributed by atoms with Gasteiger partial charge in [-0.05, 0) is 79.0 Å². The highest BCUT2D eigenvalue weighted by Crippen LogP contribution is 2.41. The number of oxazole rings is 1. The number of halogens is 1. The van der Waals surface area contributed by atoms with Gasteiger partial charge in [0.1, 0.15) is 17.8 Å². The minimum atomic E-state index is -0.371. The van der Waals surface area contributed by atoms with Gasteiger partial charge in [-0.2, -0.15) is 0 Å². The fraction of sp³-hybridized carbons (Fsp3) is 0.393. The van der Waals surface area contributed by atoms with Gasteiger partial charge in [-0.15, -0.1) is 0 Å². The van der Waals surface area contributed by atoms with Crippen LogP contribution in [0.1, 0.15) is 64.8 Å². The molecule has 1 atom stereocenters. The Bertz CT molecular complexity index is 1300. The Labute approximate surface area is 208 Å². The van der Waals surface area contributed by atoms with E-state index >= 15 is 0 Å². The average Bonchev–Trinajstić information content (AvgIpc) is 3.83. The van der Waals surface area contributed by atoms with Crippen molar-refractivity contribution >= 4 is 11.8 Å². The highest BCUT2D eigenvalue weighted by molar-refractivity contribution is 5.91. The van der Waals surface area contributed by atoms with Crippen LogP contribution >= 0.6 is 0 Å². The Kier molecular flexibility index (Phi) is 5.95. The second kappa shape index (κ2) is 9.41. The van der Waals surface area contributed by atoms with Gasteiger partial charge in [-0.3, -0.25) is 9.59 Å². The van der Waals surface area contributed by atoms with Gasteiger partial charge in [0.05, 0.1) is 6.04 Å². The predicted octanol–water partition coefficient (Wildman–Crippen LogP) is 4.42. The van der Waals surface area contributed by atoms with Crippen molar-refractivity contribution in [2.24, 2.45) is 11.8 Å². The second-order valence-corrected chi connectivity index (χ2v) is 9.94. The van der Waals surface area contributed by atoms with E-state index in [1.54, 1.807) is 6.07 Å². The molecule has 1 aromatic heterocycles. The molecular weight excluding hydrogens is 461 g/mol. The zero-order valence-electron chi connectivity index (χ0n) is 19.9. The summed E-state index contributed by atoms with van der Waals surface area (Å²) in [7, 11) is 0. The van der Waals surface area contributed by atoms with E-state index in [2.05, 4.69) is 10.3 Å². The number of carbonyl (C=O) groups excluding carboxylic acids is 2. The maximum absolute atomic E-state index is 14.2. The summed E-state index contributed by atoms with van der Waals surface area (Å²) in [6.45, 7) is 1.33. The van der Waals surface area contributed by atoms with Gasteiger partial charge in [0.2, 0.25) is 11.8 Å². The van der Waals surface area contributed by atoms with Crippen LogP contribution in [0.3, 0.4) is 0 Å². The molecule has 2 aliphatic carbocycles. The molecule has 2 heterocycles. The lowest BCUT2D eigenvalue weighted by molar-refractivity contribution is -0.134. The predicted molar refractivity (Wildman–Crippen MR) is 129 cm³/mol. The molecule has 0 unspecified atom stereocenters. The average molecular weight is 490 g/mol. The first-order valence-electron chi connectivity index (χ1n) is 12.6. The molecule has 0 saturated heterocycles. The highest BCUT2D eigenvalue weighted by Gasteiger charge is 2.39. The molecule has 1 N–H and O–H groups in total. The van der Waals surface area contributed by atoms with Gasteiger partial charge in [-0.1, -0.05) is 18.2 Å². The zero-order chi connectivity index (χ0) is 24.6. The van der Waals surface area contributed by atoms with Gasteiger partial charge >= 0.3 is 0 Å². The Morgan fingerprint density at radius 1 is 1.14 bits per heavy atom. The zero-order valence-corrected chi connectivity index (χ0v) is 19.9. The fourth-order valence-corrected chi connectivity index (χ4v) is 4.80. The third kappa shape index (κ3) is 4.85. The van der Waals surface area contributed by atoms with Crippen molar-refractivity contribution in [3.05, 3.63) is 82.8 Å². The number of hydrogen-bond donors (Lipinski definition) is 1. The van der Waals surface area contributed by atoms with Gasteiger partial charge in [0, 0.05) is 19.0 Å². The summed E-state index contributed by atoms with van der Waals surface area (Å²) in [6.07, 6.45) is 6.22. The number of rotatable bonds is 8. The van der Waals surface area contributed by atoms with E-state index in [1.165, 1.54) is 18.4 Å². The monoisotopic (exact) mass is 489 g/mol. The largest absolute Gasteiger partial charge is 0.484 e. The first-order valence-corrected chi connectivity index (χ1v) is 12.6. The van der Waals surface area contributed by atoms with Crippen LogP contribution in [0.15, 0.2) is 53.1 Å². The van der Waals surface area contributed by atoms with E-state index < -0.39 is 0 Å². The van der Waals surface area contributed by atoms with Crippen LogP contribution in [0.5, 0.6) is 5.75 Å². The van der Waals surface area contributed by atoms with E-state index in [1.807, 2.05) is 29.2 Å². The quantitative estimate of drug-likeness (QED) is 0.507. The number of amides is 2. The van der Waals surface area contributed by atoms with Crippen LogP contribution < -0.4 is 10.1 Å². The minimum Gasteiger partial charge on any atom is -0.484 e. The summed E-state index contributed by atoms with van der Waals surface area (Å²) in [4.78, 5) is 31.5. The molecular formula is C28H28FN3O4. The van der Waals surface area contributed by atoms with Crippen LogP contribution in [-0.4, -0.2) is 34.8 Å². The van der Waals surface area contributed by atoms with Crippen LogP contribution in [0.25, 0.3) is 0 Å². The number of ether oxygens (including phenoxy) is 1. The van der Waals surface area contributed by atoms with Crippen molar-refractivity contribution in [1.82, 2.24) is 15.2 Å². The van der Waals surface area contributed by atoms with E-state index in [9.17, 15) is 14.0 Å². The first-order chi connectivity index (χ1) is 17.5. The molecule has 3 aliphatic rings. The highest BCUT2D eigenvalue weighted by atomic mass is 19.1. The molecule has 2 fully saturated rings. The minimum absolute atomic E-state index is 0.0596. The van der Waals surface area contributed by atoms with Crippen molar-refractivity contribution in [2.75, 3.05) is 13.1 Å². The van der Waals surface area contributed by atoms with Crippen molar-refractivity contribution in [3.8, 4) is 5.75 Å². The summed E-state index contributed by atoms with van der Waals surface area (Å²) < 4.78 is 25.6. The van der Waals surface area contributed by atoms with E-state index in [-0.39, 0.29) is 41.9 Å². The Morgan fingerprint density at radius 3 is 2.78 bits per heavy atom. The molecule has 2 saturated carbocycles. The molecule has 1 aliphatic heterocycles. The molecule has 2 amide bonds. The van der Waals surface area contributed by atoms with Gasteiger partial charge in [0.25, 0.3) is 5.91 Å². The summed E-state index contributed by atoms with van der Waals surface area (Å²) in [5, 5.41) is 2.87. The summed E-state index contributed by atoms with van der Waals surface area (Å²) in [5.74, 6) is 1.11. The molecule has 2 aromatic carbocycles. The molecule has 3 aromatic rings. The van der Waals surface area contributed by atoms with Crippen LogP contribution in [0, 0.1) is 17.7 Å². The Hall–Kier alpha value is -3.68. The summed E-state index contributed by atoms with van der Waals surface area (Å²) in [5.41, 5.74) is 3.03. The number of benzene rings is 2. The first kappa shape index (κ1) is 22.8. The Morgan fingerprint density at radius 2 is 2.00 bits per heavy atom. The van der Waals surface area contributed by atoms with Crippen molar-refractivity contribution in [3.63, 3.8) is 0 Å². The lowest BCUT2D eigenvalue weighted by Gasteiger charge is -2.38. The van der Waals surface area contributed by atoms with Crippen molar-refractivity contribution < 1.29 is 23.1 Å². The van der Waals surface area contributed by atoms with Crippen LogP contribution in [-0.2, 0) is 17.8 Å². The third-order valence-corrected chi connectivity index (χ3v) is 7.11. The van der Waals surface area contributed by atoms with Crippen molar-refractivity contribution in [2.45, 2.75) is 44.8 Å². The van der Waals surface area contributed by atoms with E-state index in [0.29, 0.717) is 30.6 Å². The number of aromatic nitrogens is 1. The smallest absolute Gasteiger partial charge is 0.273 e. The van der Waals surface area contributed by atoms with Gasteiger partial charge < -0.3 is 19.4 Å². The molecule has 8 heteroatoms. The third-order valence-electron chi connectivity index (χ3n) is 7.11. The van der Waals surface area contributed by atoms with Crippen LogP contribution in [0.4, 0.5) is 4.39 Å². The number of carbonyl (C=O) groups is 2. The van der Waals surface area contributed by atoms with Crippen molar-refractivity contribution in [1.29, 1.82) is 0 Å². The lowest BCUT2D eigenvalue weighted by atomic mass is 9.87. The normalized spacial score (nSPS) is 19.0. The summed E-state index contributed by atoms with van der Waals surface area (Å²) >= 11 is 0. The second-order valence-electron chi connectivity index (χ2n) is 9.94. The fourth-order valence-electron chi connectivity index (χ4n) is 4.80. The van der Waals surface area contributed by atoms with E-state index in [4.69, 9.17) is 9.15 Å². The SMILES string of the molecule is O=C(NCC1CC1)c1coc(COc2ccc3c(c2)[C@@H](c2cccc(F)c2)N(C(=O)C2CC2)CC3)n1. The molecule has 6 rings (SSSR count). The van der Waals surface area contributed by atoms with Gasteiger partial charge in [-0.25, -0.2) is 9.37 Å². The maximum Gasteiger partial charge on any atom is 0.273 e. The van der Waals surface area contributed by atoms with Gasteiger partial charge in [0.15, 0.2) is 12.3 Å². The molecule has 0 spiro atoms. The topological polar surface area (TPSA) is 84.7 Å². The maximum atomic E-state index is 14.2. The number of fused-ring (bicyclic) bond motifs is 1. The Balaban J connectivity index is 1.21. The number of nitrogens with one attached hydrogen (secondary N) is 1. The molecule has 186 valence electrons. The molecule has 0 radical (unpaired) electrons. The molecule has 0 bridgehead atoms. The standard InChI is InChI=1S/C28H28FN3O4/c29-21-3-1-2-20(12-21)26-23-13-22(9-8-18(23)10-11-32(26)28(34)19-6-7-19)35-16-25-31-24(15-36-25)27(33)30-14-17-4-5-17/h1-3,8-9,12-13,15,17,19,26H,4-7,10-11,14,16H2,(H,30,33)/t26-/m1/s1. The van der Waals surface area contributed by atoms with E-state index in [0.717, 1.165) is 48.8 Å². The molecule has 7 nitrogen and oxygen atoms in total. The van der Waals surface area contributed by atoms with Crippen LogP contribution in [0.2, 0.25) is 0 Å². The number of nitrogens with zero attached hydrogens (tertiary/aromatic N) is 2.